The molecule has 0 aromatic heterocycles. The van der Waals surface area contributed by atoms with Gasteiger partial charge in [-0.15, -0.1) is 0 Å². The van der Waals surface area contributed by atoms with E-state index < -0.39 is 28.6 Å². The summed E-state index contributed by atoms with van der Waals surface area (Å²) in [5, 5.41) is 11.0. The Labute approximate surface area is 183 Å². The normalized spacial score (nSPS) is 21.5. The largest absolute Gasteiger partial charge is 0.467 e. The summed E-state index contributed by atoms with van der Waals surface area (Å²) in [6, 6.07) is 20.7. The summed E-state index contributed by atoms with van der Waals surface area (Å²) in [6.07, 6.45) is 0.378. The van der Waals surface area contributed by atoms with Crippen LogP contribution in [0.25, 0.3) is 0 Å². The first kappa shape index (κ1) is 19.7. The van der Waals surface area contributed by atoms with Crippen molar-refractivity contribution < 1.29 is 19.2 Å². The van der Waals surface area contributed by atoms with E-state index in [2.05, 4.69) is 0 Å². The number of para-hydroxylation sites is 2. The number of benzene rings is 3. The Balaban J connectivity index is 1.63. The van der Waals surface area contributed by atoms with Gasteiger partial charge in [0, 0.05) is 35.4 Å². The highest BCUT2D eigenvalue weighted by molar-refractivity contribution is 6.10. The smallest absolute Gasteiger partial charge is 0.335 e. The van der Waals surface area contributed by atoms with Crippen LogP contribution in [0, 0.1) is 10.1 Å². The molecule has 32 heavy (non-hydrogen) atoms. The minimum atomic E-state index is -0.982. The maximum absolute atomic E-state index is 13.8. The molecule has 160 valence electrons. The molecule has 8 nitrogen and oxygen atoms in total. The predicted octanol–water partition coefficient (Wildman–Crippen LogP) is 4.92. The van der Waals surface area contributed by atoms with E-state index in [1.165, 1.54) is 34.1 Å². The second kappa shape index (κ2) is 7.19. The Morgan fingerprint density at radius 2 is 1.69 bits per heavy atom. The number of rotatable bonds is 3. The maximum Gasteiger partial charge on any atom is 0.335 e. The van der Waals surface area contributed by atoms with Crippen molar-refractivity contribution in [2.75, 3.05) is 4.90 Å². The summed E-state index contributed by atoms with van der Waals surface area (Å²) in [5.41, 5.74) is 0.454. The van der Waals surface area contributed by atoms with E-state index in [4.69, 9.17) is 4.74 Å². The highest BCUT2D eigenvalue weighted by Crippen LogP contribution is 2.49. The lowest BCUT2D eigenvalue weighted by Crippen LogP contribution is -2.67. The van der Waals surface area contributed by atoms with Crippen molar-refractivity contribution in [2.45, 2.75) is 25.1 Å². The molecule has 3 aromatic carbocycles. The number of anilines is 1. The van der Waals surface area contributed by atoms with Crippen molar-refractivity contribution in [1.82, 2.24) is 4.90 Å². The van der Waals surface area contributed by atoms with Gasteiger partial charge in [-0.05, 0) is 37.3 Å². The van der Waals surface area contributed by atoms with Crippen LogP contribution < -0.4 is 9.64 Å². The van der Waals surface area contributed by atoms with Crippen LogP contribution >= 0.6 is 0 Å². The number of ether oxygens (including phenoxy) is 1. The van der Waals surface area contributed by atoms with Gasteiger partial charge in [0.05, 0.1) is 11.0 Å². The number of hydrogen-bond donors (Lipinski definition) is 0. The van der Waals surface area contributed by atoms with E-state index in [9.17, 15) is 19.7 Å². The van der Waals surface area contributed by atoms with Gasteiger partial charge < -0.3 is 4.74 Å². The molecule has 1 fully saturated rings. The van der Waals surface area contributed by atoms with Crippen molar-refractivity contribution in [3.63, 3.8) is 0 Å². The van der Waals surface area contributed by atoms with Crippen LogP contribution in [0.3, 0.4) is 0 Å². The molecule has 2 atom stereocenters. The zero-order valence-corrected chi connectivity index (χ0v) is 17.2. The molecular formula is C24H19N3O5. The lowest BCUT2D eigenvalue weighted by Gasteiger charge is -2.53. The van der Waals surface area contributed by atoms with Crippen molar-refractivity contribution in [3.8, 4) is 5.75 Å². The quantitative estimate of drug-likeness (QED) is 0.435. The molecule has 0 unspecified atom stereocenters. The molecule has 2 bridgehead atoms. The first-order valence-electron chi connectivity index (χ1n) is 10.1. The highest BCUT2D eigenvalue weighted by Gasteiger charge is 2.55. The summed E-state index contributed by atoms with van der Waals surface area (Å²) in [4.78, 5) is 40.5. The maximum atomic E-state index is 13.8. The molecule has 5 rings (SSSR count). The Bertz CT molecular complexity index is 1230. The third-order valence-corrected chi connectivity index (χ3v) is 5.92. The van der Waals surface area contributed by atoms with Gasteiger partial charge in [0.25, 0.3) is 11.6 Å². The van der Waals surface area contributed by atoms with Crippen molar-refractivity contribution in [2.24, 2.45) is 0 Å². The number of nitro groups is 1. The number of carbonyl (C=O) groups is 2. The molecule has 1 saturated heterocycles. The van der Waals surface area contributed by atoms with Crippen molar-refractivity contribution >= 4 is 23.3 Å². The van der Waals surface area contributed by atoms with Gasteiger partial charge >= 0.3 is 6.03 Å². The molecule has 0 aliphatic carbocycles. The lowest BCUT2D eigenvalue weighted by atomic mass is 9.88. The zero-order chi connectivity index (χ0) is 22.5. The highest BCUT2D eigenvalue weighted by atomic mass is 16.6. The van der Waals surface area contributed by atoms with Crippen LogP contribution in [-0.4, -0.2) is 27.5 Å². The zero-order valence-electron chi connectivity index (χ0n) is 17.2. The predicted molar refractivity (Wildman–Crippen MR) is 116 cm³/mol. The number of non-ortho nitro benzene ring substituents is 1. The Morgan fingerprint density at radius 1 is 1.03 bits per heavy atom. The number of nitrogens with zero attached hydrogens (tertiary/aromatic N) is 3. The van der Waals surface area contributed by atoms with Crippen LogP contribution in [0.5, 0.6) is 5.75 Å². The van der Waals surface area contributed by atoms with E-state index >= 15 is 0 Å². The summed E-state index contributed by atoms with van der Waals surface area (Å²) in [6.45, 7) is 1.84. The average molecular weight is 429 g/mol. The number of hydrogen-bond acceptors (Lipinski definition) is 5. The second-order valence-electron chi connectivity index (χ2n) is 7.97. The minimum absolute atomic E-state index is 0.124. The van der Waals surface area contributed by atoms with Gasteiger partial charge in [-0.25, -0.2) is 4.79 Å². The van der Waals surface area contributed by atoms with Crippen molar-refractivity contribution in [1.29, 1.82) is 0 Å². The first-order chi connectivity index (χ1) is 15.4. The monoisotopic (exact) mass is 429 g/mol. The summed E-state index contributed by atoms with van der Waals surface area (Å²) in [7, 11) is 0. The fourth-order valence-electron chi connectivity index (χ4n) is 4.46. The molecule has 2 aliphatic rings. The number of amides is 3. The second-order valence-corrected chi connectivity index (χ2v) is 7.97. The number of urea groups is 1. The molecule has 3 amide bonds. The van der Waals surface area contributed by atoms with Gasteiger partial charge in [-0.2, -0.15) is 0 Å². The SMILES string of the molecule is C[C@@]12C[C@@H](c3ccccc3O1)N(C(=O)c1ccc([N+](=O)[O-])cc1)C(=O)N2c1ccccc1. The van der Waals surface area contributed by atoms with E-state index in [-0.39, 0.29) is 11.3 Å². The Morgan fingerprint density at radius 3 is 2.38 bits per heavy atom. The molecule has 2 aliphatic heterocycles. The standard InChI is InChI=1S/C24H19N3O5/c1-24-15-20(19-9-5-6-10-21(19)32-24)25(23(29)26(24)17-7-3-2-4-8-17)22(28)16-11-13-18(14-12-16)27(30)31/h2-14,20H,15H2,1H3/t20-,24-/m0/s1. The topological polar surface area (TPSA) is 93.0 Å². The van der Waals surface area contributed by atoms with Gasteiger partial charge in [0.2, 0.25) is 0 Å². The summed E-state index contributed by atoms with van der Waals surface area (Å²) in [5.74, 6) is 0.0933. The van der Waals surface area contributed by atoms with Crippen LogP contribution in [0.1, 0.15) is 35.3 Å². The van der Waals surface area contributed by atoms with Crippen LogP contribution in [-0.2, 0) is 0 Å². The van der Waals surface area contributed by atoms with E-state index in [1.54, 1.807) is 12.1 Å². The molecule has 3 aromatic rings. The Hall–Kier alpha value is -4.20. The molecule has 0 radical (unpaired) electrons. The summed E-state index contributed by atoms with van der Waals surface area (Å²) < 4.78 is 6.30. The fourth-order valence-corrected chi connectivity index (χ4v) is 4.46. The van der Waals surface area contributed by atoms with Crippen LogP contribution in [0.15, 0.2) is 78.9 Å². The van der Waals surface area contributed by atoms with Gasteiger partial charge in [0.1, 0.15) is 5.75 Å². The number of fused-ring (bicyclic) bond motifs is 4. The molecule has 8 heteroatoms. The van der Waals surface area contributed by atoms with Gasteiger partial charge in [-0.3, -0.25) is 24.7 Å². The average Bonchev–Trinajstić information content (AvgIpc) is 2.79. The number of carbonyl (C=O) groups excluding carboxylic acids is 2. The lowest BCUT2D eigenvalue weighted by molar-refractivity contribution is -0.384. The molecule has 0 N–H and O–H groups in total. The van der Waals surface area contributed by atoms with E-state index in [0.29, 0.717) is 17.9 Å². The van der Waals surface area contributed by atoms with Crippen LogP contribution in [0.2, 0.25) is 0 Å². The molecule has 0 spiro atoms. The fraction of sp³-hybridized carbons (Fsp3) is 0.167. The third-order valence-electron chi connectivity index (χ3n) is 5.92. The number of nitro benzene ring substituents is 1. The Kier molecular flexibility index (Phi) is 4.44. The van der Waals surface area contributed by atoms with Gasteiger partial charge in [0.15, 0.2) is 5.72 Å². The molecular weight excluding hydrogens is 410 g/mol. The van der Waals surface area contributed by atoms with E-state index in [1.807, 2.05) is 49.4 Å². The summed E-state index contributed by atoms with van der Waals surface area (Å²) >= 11 is 0. The van der Waals surface area contributed by atoms with Crippen LogP contribution in [0.4, 0.5) is 16.2 Å². The van der Waals surface area contributed by atoms with Crippen molar-refractivity contribution in [3.05, 3.63) is 100 Å². The third kappa shape index (κ3) is 2.99. The van der Waals surface area contributed by atoms with Gasteiger partial charge in [-0.1, -0.05) is 36.4 Å². The minimum Gasteiger partial charge on any atom is -0.467 e. The molecule has 0 saturated carbocycles. The molecule has 2 heterocycles. The first-order valence-corrected chi connectivity index (χ1v) is 10.1. The number of imide groups is 1. The van der Waals surface area contributed by atoms with E-state index in [0.717, 1.165) is 5.56 Å².